The van der Waals surface area contributed by atoms with E-state index in [1.54, 1.807) is 44.2 Å². The number of carboxylic acid groups (broad SMARTS) is 1. The Labute approximate surface area is 179 Å². The first-order valence-electron chi connectivity index (χ1n) is 9.35. The van der Waals surface area contributed by atoms with Gasteiger partial charge in [0, 0.05) is 11.4 Å². The molecule has 8 heteroatoms. The maximum absolute atomic E-state index is 14.2. The average molecular weight is 436 g/mol. The highest BCUT2D eigenvalue weighted by Gasteiger charge is 2.20. The number of rotatable bonds is 11. The van der Waals surface area contributed by atoms with E-state index in [4.69, 9.17) is 31.1 Å². The molecule has 2 aromatic rings. The molecule has 0 aromatic heterocycles. The van der Waals surface area contributed by atoms with Crippen LogP contribution in [-0.4, -0.2) is 42.7 Å². The van der Waals surface area contributed by atoms with Gasteiger partial charge in [-0.1, -0.05) is 23.7 Å². The van der Waals surface area contributed by atoms with Crippen molar-refractivity contribution in [2.24, 2.45) is 0 Å². The van der Waals surface area contributed by atoms with E-state index in [2.05, 4.69) is 0 Å². The fourth-order valence-corrected chi connectivity index (χ4v) is 2.80. The lowest BCUT2D eigenvalue weighted by molar-refractivity contribution is -0.153. The van der Waals surface area contributed by atoms with Gasteiger partial charge in [-0.2, -0.15) is 5.26 Å². The van der Waals surface area contributed by atoms with E-state index in [9.17, 15) is 14.3 Å². The average Bonchev–Trinajstić information content (AvgIpc) is 2.70. The summed E-state index contributed by atoms with van der Waals surface area (Å²) >= 11 is 5.82. The Balaban J connectivity index is 1.89. The molecular weight excluding hydrogens is 413 g/mol. The van der Waals surface area contributed by atoms with Crippen molar-refractivity contribution in [3.05, 3.63) is 58.6 Å². The Morgan fingerprint density at radius 2 is 1.93 bits per heavy atom. The molecule has 0 bridgehead atoms. The maximum Gasteiger partial charge on any atom is 0.333 e. The molecule has 0 unspecified atom stereocenters. The minimum atomic E-state index is -1.44. The van der Waals surface area contributed by atoms with Gasteiger partial charge < -0.3 is 19.3 Å². The number of carbonyl (C=O) groups is 1. The first-order chi connectivity index (χ1) is 14.3. The maximum atomic E-state index is 14.2. The van der Waals surface area contributed by atoms with Crippen LogP contribution in [0.25, 0.3) is 0 Å². The van der Waals surface area contributed by atoms with Crippen LogP contribution in [-0.2, 0) is 16.0 Å². The van der Waals surface area contributed by atoms with Gasteiger partial charge in [0.05, 0.1) is 11.7 Å². The number of alkyl halides is 1. The quantitative estimate of drug-likeness (QED) is 0.561. The largest absolute Gasteiger partial charge is 0.490 e. The molecule has 0 aliphatic heterocycles. The summed E-state index contributed by atoms with van der Waals surface area (Å²) in [6, 6.07) is 13.2. The first kappa shape index (κ1) is 23.5. The molecule has 6 nitrogen and oxygen atoms in total. The normalized spacial score (nSPS) is 12.8. The molecule has 0 radical (unpaired) electrons. The lowest BCUT2D eigenvalue weighted by Gasteiger charge is -2.17. The Hall–Kier alpha value is -2.82. The number of nitriles is 1. The Morgan fingerprint density at radius 3 is 2.60 bits per heavy atom. The second-order valence-corrected chi connectivity index (χ2v) is 7.27. The number of ether oxygens (including phenoxy) is 3. The number of carboxylic acids is 1. The van der Waals surface area contributed by atoms with Gasteiger partial charge >= 0.3 is 5.97 Å². The predicted molar refractivity (Wildman–Crippen MR) is 110 cm³/mol. The molecule has 0 saturated heterocycles. The SMILES string of the molecule is CC(C)O[C@@H](Cc1cccc(OC[C@@H](F)COc2ccc(Cl)cc2C#N)c1)C(=O)O. The standard InChI is InChI=1S/C22H23ClFNO5/c1-14(2)30-21(22(26)27)9-15-4-3-5-19(8-15)28-12-18(24)13-29-20-7-6-17(23)10-16(20)11-25/h3-8,10,14,18,21H,9,12-13H2,1-2H3,(H,26,27)/t18-,21+/m1/s1. The van der Waals surface area contributed by atoms with Crippen LogP contribution in [0.1, 0.15) is 25.0 Å². The molecule has 0 saturated carbocycles. The van der Waals surface area contributed by atoms with E-state index < -0.39 is 18.2 Å². The molecule has 30 heavy (non-hydrogen) atoms. The number of halogens is 2. The second kappa shape index (κ2) is 11.4. The monoisotopic (exact) mass is 435 g/mol. The molecule has 0 spiro atoms. The molecule has 0 aliphatic rings. The van der Waals surface area contributed by atoms with Gasteiger partial charge in [0.15, 0.2) is 12.3 Å². The molecule has 2 aromatic carbocycles. The van der Waals surface area contributed by atoms with Crippen molar-refractivity contribution >= 4 is 17.6 Å². The summed E-state index contributed by atoms with van der Waals surface area (Å²) in [6.07, 6.45) is -2.47. The summed E-state index contributed by atoms with van der Waals surface area (Å²) in [5.74, 6) is -0.389. The molecule has 2 atom stereocenters. The Bertz CT molecular complexity index is 899. The number of hydrogen-bond acceptors (Lipinski definition) is 5. The highest BCUT2D eigenvalue weighted by Crippen LogP contribution is 2.22. The summed E-state index contributed by atoms with van der Waals surface area (Å²) in [7, 11) is 0. The van der Waals surface area contributed by atoms with Crippen LogP contribution in [0.15, 0.2) is 42.5 Å². The summed E-state index contributed by atoms with van der Waals surface area (Å²) in [6.45, 7) is 2.98. The lowest BCUT2D eigenvalue weighted by atomic mass is 10.1. The van der Waals surface area contributed by atoms with Crippen molar-refractivity contribution in [1.82, 2.24) is 0 Å². The number of aliphatic carboxylic acids is 1. The van der Waals surface area contributed by atoms with Gasteiger partial charge in [0.1, 0.15) is 30.8 Å². The molecule has 160 valence electrons. The fourth-order valence-electron chi connectivity index (χ4n) is 2.63. The first-order valence-corrected chi connectivity index (χ1v) is 9.72. The van der Waals surface area contributed by atoms with Crippen LogP contribution in [0.2, 0.25) is 5.02 Å². The summed E-state index contributed by atoms with van der Waals surface area (Å²) in [5, 5.41) is 18.8. The lowest BCUT2D eigenvalue weighted by Crippen LogP contribution is -2.29. The van der Waals surface area contributed by atoms with E-state index in [0.717, 1.165) is 0 Å². The van der Waals surface area contributed by atoms with Gasteiger partial charge in [-0.25, -0.2) is 9.18 Å². The van der Waals surface area contributed by atoms with E-state index in [1.807, 2.05) is 6.07 Å². The van der Waals surface area contributed by atoms with Gasteiger partial charge in [-0.15, -0.1) is 0 Å². The van der Waals surface area contributed by atoms with E-state index >= 15 is 0 Å². The van der Waals surface area contributed by atoms with Crippen LogP contribution >= 0.6 is 11.6 Å². The van der Waals surface area contributed by atoms with Crippen LogP contribution in [0.3, 0.4) is 0 Å². The fraction of sp³-hybridized carbons (Fsp3) is 0.364. The van der Waals surface area contributed by atoms with Crippen molar-refractivity contribution in [1.29, 1.82) is 5.26 Å². The number of benzene rings is 2. The molecule has 2 rings (SSSR count). The van der Waals surface area contributed by atoms with Crippen molar-refractivity contribution in [2.45, 2.75) is 38.6 Å². The zero-order chi connectivity index (χ0) is 22.1. The van der Waals surface area contributed by atoms with Gasteiger partial charge in [-0.3, -0.25) is 0 Å². The minimum absolute atomic E-state index is 0.167. The highest BCUT2D eigenvalue weighted by molar-refractivity contribution is 6.30. The third-order valence-corrected chi connectivity index (χ3v) is 4.18. The van der Waals surface area contributed by atoms with Crippen LogP contribution in [0, 0.1) is 11.3 Å². The topological polar surface area (TPSA) is 88.8 Å². The Morgan fingerprint density at radius 1 is 1.20 bits per heavy atom. The third-order valence-electron chi connectivity index (χ3n) is 3.94. The molecular formula is C22H23ClFNO5. The zero-order valence-electron chi connectivity index (χ0n) is 16.7. The minimum Gasteiger partial charge on any atom is -0.490 e. The number of hydrogen-bond donors (Lipinski definition) is 1. The molecule has 0 amide bonds. The molecule has 0 aliphatic carbocycles. The van der Waals surface area contributed by atoms with Crippen molar-refractivity contribution in [2.75, 3.05) is 13.2 Å². The van der Waals surface area contributed by atoms with Crippen LogP contribution in [0.5, 0.6) is 11.5 Å². The Kier molecular flexibility index (Phi) is 8.90. The third kappa shape index (κ3) is 7.54. The van der Waals surface area contributed by atoms with Gasteiger partial charge in [0.2, 0.25) is 0 Å². The van der Waals surface area contributed by atoms with E-state index in [0.29, 0.717) is 16.3 Å². The van der Waals surface area contributed by atoms with Gasteiger partial charge in [-0.05, 0) is 49.7 Å². The van der Waals surface area contributed by atoms with Crippen LogP contribution in [0.4, 0.5) is 4.39 Å². The smallest absolute Gasteiger partial charge is 0.333 e. The molecule has 0 heterocycles. The summed E-state index contributed by atoms with van der Waals surface area (Å²) < 4.78 is 30.4. The molecule has 0 fully saturated rings. The number of nitrogens with zero attached hydrogens (tertiary/aromatic N) is 1. The molecule has 1 N–H and O–H groups in total. The van der Waals surface area contributed by atoms with Crippen molar-refractivity contribution in [3.8, 4) is 17.6 Å². The van der Waals surface area contributed by atoms with Crippen molar-refractivity contribution < 1.29 is 28.5 Å². The summed E-state index contributed by atoms with van der Waals surface area (Å²) in [4.78, 5) is 11.3. The van der Waals surface area contributed by atoms with E-state index in [1.165, 1.54) is 12.1 Å². The van der Waals surface area contributed by atoms with Crippen molar-refractivity contribution in [3.63, 3.8) is 0 Å². The second-order valence-electron chi connectivity index (χ2n) is 6.83. The predicted octanol–water partition coefficient (Wildman–Crippen LogP) is 4.43. The summed E-state index contributed by atoms with van der Waals surface area (Å²) in [5.41, 5.74) is 0.923. The highest BCUT2D eigenvalue weighted by atomic mass is 35.5. The van der Waals surface area contributed by atoms with E-state index in [-0.39, 0.29) is 37.1 Å². The zero-order valence-corrected chi connectivity index (χ0v) is 17.4. The van der Waals surface area contributed by atoms with Crippen LogP contribution < -0.4 is 9.47 Å². The van der Waals surface area contributed by atoms with Gasteiger partial charge in [0.25, 0.3) is 0 Å².